The predicted molar refractivity (Wildman–Crippen MR) is 122 cm³/mol. The number of aryl methyl sites for hydroxylation is 1. The Morgan fingerprint density at radius 3 is 2.48 bits per heavy atom. The van der Waals surface area contributed by atoms with Crippen molar-refractivity contribution in [1.29, 1.82) is 0 Å². The van der Waals surface area contributed by atoms with Crippen molar-refractivity contribution in [2.24, 2.45) is 0 Å². The topological polar surface area (TPSA) is 42.0 Å². The summed E-state index contributed by atoms with van der Waals surface area (Å²) in [6, 6.07) is 27.9. The van der Waals surface area contributed by atoms with E-state index in [1.807, 2.05) is 66.7 Å². The minimum atomic E-state index is -0.112. The third kappa shape index (κ3) is 3.50. The van der Waals surface area contributed by atoms with E-state index in [1.54, 1.807) is 11.3 Å². The van der Waals surface area contributed by atoms with Gasteiger partial charge in [0.15, 0.2) is 0 Å². The van der Waals surface area contributed by atoms with Crippen molar-refractivity contribution in [1.82, 2.24) is 4.98 Å². The summed E-state index contributed by atoms with van der Waals surface area (Å²) in [5.74, 6) is -0.112. The molecule has 4 heteroatoms. The van der Waals surface area contributed by atoms with Gasteiger partial charge in [0, 0.05) is 16.8 Å². The number of carbonyl (C=O) groups is 1. The SMILES string of the molecule is Cc1ccc2nc(-c3ccc(NC(=O)c4ccc5ccccc5c4)cc3)sc2c1. The Morgan fingerprint density at radius 1 is 0.862 bits per heavy atom. The van der Waals surface area contributed by atoms with Crippen LogP contribution in [0.1, 0.15) is 15.9 Å². The van der Waals surface area contributed by atoms with Crippen LogP contribution in [0, 0.1) is 6.92 Å². The summed E-state index contributed by atoms with van der Waals surface area (Å²) in [4.78, 5) is 17.4. The van der Waals surface area contributed by atoms with E-state index in [0.29, 0.717) is 5.56 Å². The maximum atomic E-state index is 12.6. The second kappa shape index (κ2) is 7.15. The number of fused-ring (bicyclic) bond motifs is 2. The summed E-state index contributed by atoms with van der Waals surface area (Å²) in [5, 5.41) is 6.15. The Bertz CT molecular complexity index is 1350. The maximum absolute atomic E-state index is 12.6. The molecule has 0 aliphatic heterocycles. The van der Waals surface area contributed by atoms with Gasteiger partial charge < -0.3 is 5.32 Å². The van der Waals surface area contributed by atoms with E-state index in [2.05, 4.69) is 30.4 Å². The number of aromatic nitrogens is 1. The average Bonchev–Trinajstić information content (AvgIpc) is 3.17. The second-order valence-corrected chi connectivity index (χ2v) is 8.11. The maximum Gasteiger partial charge on any atom is 0.255 e. The van der Waals surface area contributed by atoms with Crippen molar-refractivity contribution in [2.75, 3.05) is 5.32 Å². The van der Waals surface area contributed by atoms with Gasteiger partial charge in [-0.1, -0.05) is 36.4 Å². The molecule has 0 saturated carbocycles. The number of thiazole rings is 1. The van der Waals surface area contributed by atoms with Crippen molar-refractivity contribution < 1.29 is 4.79 Å². The third-order valence-electron chi connectivity index (χ3n) is 4.95. The molecule has 1 aromatic heterocycles. The van der Waals surface area contributed by atoms with Crippen LogP contribution in [0.5, 0.6) is 0 Å². The highest BCUT2D eigenvalue weighted by molar-refractivity contribution is 7.21. The smallest absolute Gasteiger partial charge is 0.255 e. The Balaban J connectivity index is 1.37. The van der Waals surface area contributed by atoms with Gasteiger partial charge in [-0.3, -0.25) is 4.79 Å². The van der Waals surface area contributed by atoms with Gasteiger partial charge in [-0.05, 0) is 71.8 Å². The Morgan fingerprint density at radius 2 is 1.66 bits per heavy atom. The van der Waals surface area contributed by atoms with Gasteiger partial charge in [0.25, 0.3) is 5.91 Å². The molecule has 29 heavy (non-hydrogen) atoms. The highest BCUT2D eigenvalue weighted by atomic mass is 32.1. The lowest BCUT2D eigenvalue weighted by atomic mass is 10.1. The number of nitrogens with one attached hydrogen (secondary N) is 1. The van der Waals surface area contributed by atoms with Crippen LogP contribution in [0.4, 0.5) is 5.69 Å². The first-order chi connectivity index (χ1) is 14.2. The zero-order chi connectivity index (χ0) is 19.8. The lowest BCUT2D eigenvalue weighted by Crippen LogP contribution is -2.11. The molecule has 0 unspecified atom stereocenters. The van der Waals surface area contributed by atoms with Crippen LogP contribution in [0.3, 0.4) is 0 Å². The third-order valence-corrected chi connectivity index (χ3v) is 6.01. The quantitative estimate of drug-likeness (QED) is 0.371. The zero-order valence-corrected chi connectivity index (χ0v) is 16.7. The highest BCUT2D eigenvalue weighted by Gasteiger charge is 2.09. The van der Waals surface area contributed by atoms with Crippen molar-refractivity contribution in [3.8, 4) is 10.6 Å². The summed E-state index contributed by atoms with van der Waals surface area (Å²) in [5.41, 5.74) is 4.72. The van der Waals surface area contributed by atoms with E-state index in [1.165, 1.54) is 10.3 Å². The van der Waals surface area contributed by atoms with Gasteiger partial charge in [-0.2, -0.15) is 0 Å². The summed E-state index contributed by atoms with van der Waals surface area (Å²) in [6.45, 7) is 2.09. The Kier molecular flexibility index (Phi) is 4.34. The van der Waals surface area contributed by atoms with Gasteiger partial charge in [0.2, 0.25) is 0 Å². The van der Waals surface area contributed by atoms with Crippen LogP contribution in [-0.4, -0.2) is 10.9 Å². The molecule has 0 spiro atoms. The fourth-order valence-electron chi connectivity index (χ4n) is 3.39. The number of rotatable bonds is 3. The van der Waals surface area contributed by atoms with E-state index in [0.717, 1.165) is 32.5 Å². The number of nitrogens with zero attached hydrogens (tertiary/aromatic N) is 1. The first-order valence-corrected chi connectivity index (χ1v) is 10.3. The lowest BCUT2D eigenvalue weighted by Gasteiger charge is -2.07. The lowest BCUT2D eigenvalue weighted by molar-refractivity contribution is 0.102. The molecule has 1 heterocycles. The monoisotopic (exact) mass is 394 g/mol. The molecule has 1 N–H and O–H groups in total. The molecule has 5 aromatic rings. The first-order valence-electron chi connectivity index (χ1n) is 9.43. The van der Waals surface area contributed by atoms with E-state index >= 15 is 0 Å². The van der Waals surface area contributed by atoms with Gasteiger partial charge in [-0.25, -0.2) is 4.98 Å². The molecular formula is C25H18N2OS. The second-order valence-electron chi connectivity index (χ2n) is 7.08. The average molecular weight is 394 g/mol. The first kappa shape index (κ1) is 17.6. The molecule has 140 valence electrons. The zero-order valence-electron chi connectivity index (χ0n) is 15.8. The number of benzene rings is 4. The number of hydrogen-bond donors (Lipinski definition) is 1. The molecule has 3 nitrogen and oxygen atoms in total. The molecule has 0 bridgehead atoms. The molecule has 1 amide bonds. The van der Waals surface area contributed by atoms with Crippen LogP contribution in [0.2, 0.25) is 0 Å². The molecule has 0 aliphatic carbocycles. The Labute approximate surface area is 172 Å². The largest absolute Gasteiger partial charge is 0.322 e. The predicted octanol–water partition coefficient (Wildman–Crippen LogP) is 6.68. The number of amides is 1. The highest BCUT2D eigenvalue weighted by Crippen LogP contribution is 2.31. The number of anilines is 1. The minimum absolute atomic E-state index is 0.112. The fourth-order valence-corrected chi connectivity index (χ4v) is 4.45. The van der Waals surface area contributed by atoms with E-state index in [-0.39, 0.29) is 5.91 Å². The van der Waals surface area contributed by atoms with Crippen LogP contribution in [0.15, 0.2) is 84.9 Å². The molecule has 5 rings (SSSR count). The van der Waals surface area contributed by atoms with Crippen LogP contribution in [0.25, 0.3) is 31.6 Å². The summed E-state index contributed by atoms with van der Waals surface area (Å²) in [6.07, 6.45) is 0. The van der Waals surface area contributed by atoms with Crippen molar-refractivity contribution in [3.05, 3.63) is 96.1 Å². The molecule has 0 radical (unpaired) electrons. The standard InChI is InChI=1S/C25H18N2OS/c1-16-6-13-22-23(14-16)29-25(27-22)18-9-11-21(12-10-18)26-24(28)20-8-7-17-4-2-3-5-19(17)15-20/h2-15H,1H3,(H,26,28). The molecular weight excluding hydrogens is 376 g/mol. The van der Waals surface area contributed by atoms with E-state index in [9.17, 15) is 4.79 Å². The number of hydrogen-bond acceptors (Lipinski definition) is 3. The van der Waals surface area contributed by atoms with Crippen molar-refractivity contribution >= 4 is 43.9 Å². The molecule has 0 atom stereocenters. The Hall–Kier alpha value is -3.50. The van der Waals surface area contributed by atoms with Crippen LogP contribution < -0.4 is 5.32 Å². The van der Waals surface area contributed by atoms with Gasteiger partial charge in [-0.15, -0.1) is 11.3 Å². The normalized spacial score (nSPS) is 11.1. The van der Waals surface area contributed by atoms with E-state index < -0.39 is 0 Å². The molecule has 0 fully saturated rings. The summed E-state index contributed by atoms with van der Waals surface area (Å²) < 4.78 is 1.19. The van der Waals surface area contributed by atoms with Gasteiger partial charge in [0.1, 0.15) is 5.01 Å². The summed E-state index contributed by atoms with van der Waals surface area (Å²) in [7, 11) is 0. The summed E-state index contributed by atoms with van der Waals surface area (Å²) >= 11 is 1.68. The molecule has 4 aromatic carbocycles. The molecule has 0 aliphatic rings. The van der Waals surface area contributed by atoms with Crippen molar-refractivity contribution in [2.45, 2.75) is 6.92 Å². The fraction of sp³-hybridized carbons (Fsp3) is 0.0400. The number of carbonyl (C=O) groups excluding carboxylic acids is 1. The van der Waals surface area contributed by atoms with Crippen LogP contribution in [-0.2, 0) is 0 Å². The van der Waals surface area contributed by atoms with Gasteiger partial charge in [0.05, 0.1) is 10.2 Å². The molecule has 0 saturated heterocycles. The van der Waals surface area contributed by atoms with Crippen molar-refractivity contribution in [3.63, 3.8) is 0 Å². The van der Waals surface area contributed by atoms with Gasteiger partial charge >= 0.3 is 0 Å². The van der Waals surface area contributed by atoms with E-state index in [4.69, 9.17) is 4.98 Å². The minimum Gasteiger partial charge on any atom is -0.322 e. The van der Waals surface area contributed by atoms with Crippen LogP contribution >= 0.6 is 11.3 Å².